The second-order valence-corrected chi connectivity index (χ2v) is 9.12. The van der Waals surface area contributed by atoms with E-state index in [2.05, 4.69) is 23.8 Å². The number of fused-ring (bicyclic) bond motifs is 1. The number of nitrogens with two attached hydrogens (primary N) is 1. The minimum absolute atomic E-state index is 0.0253. The van der Waals surface area contributed by atoms with E-state index in [9.17, 15) is 4.79 Å². The molecular weight excluding hydrogens is 404 g/mol. The Labute approximate surface area is 188 Å². The van der Waals surface area contributed by atoms with Crippen molar-refractivity contribution in [2.75, 3.05) is 24.5 Å². The Hall–Kier alpha value is -2.94. The van der Waals surface area contributed by atoms with Crippen LogP contribution in [-0.4, -0.2) is 60.9 Å². The summed E-state index contributed by atoms with van der Waals surface area (Å²) >= 11 is 0. The van der Waals surface area contributed by atoms with Crippen LogP contribution in [-0.2, 0) is 13.5 Å². The highest BCUT2D eigenvalue weighted by atomic mass is 16.2. The first-order valence-corrected chi connectivity index (χ1v) is 11.7. The Morgan fingerprint density at radius 2 is 2.03 bits per heavy atom. The number of hydrogen-bond donors (Lipinski definition) is 1. The first-order valence-electron chi connectivity index (χ1n) is 11.7. The van der Waals surface area contributed by atoms with Crippen molar-refractivity contribution in [1.82, 2.24) is 29.3 Å². The molecule has 0 aliphatic carbocycles. The van der Waals surface area contributed by atoms with Crippen molar-refractivity contribution in [3.8, 4) is 0 Å². The van der Waals surface area contributed by atoms with Gasteiger partial charge in [-0.05, 0) is 45.1 Å². The number of nitrogens with zero attached hydrogens (tertiary/aromatic N) is 7. The van der Waals surface area contributed by atoms with Gasteiger partial charge in [0.25, 0.3) is 5.91 Å². The molecular formula is C23H32N8O. The molecule has 3 aromatic rings. The van der Waals surface area contributed by atoms with Gasteiger partial charge < -0.3 is 15.5 Å². The van der Waals surface area contributed by atoms with Gasteiger partial charge in [-0.2, -0.15) is 10.2 Å². The predicted molar refractivity (Wildman–Crippen MR) is 123 cm³/mol. The second-order valence-electron chi connectivity index (χ2n) is 9.12. The third-order valence-electron chi connectivity index (χ3n) is 6.77. The average Bonchev–Trinajstić information content (AvgIpc) is 3.50. The van der Waals surface area contributed by atoms with Crippen molar-refractivity contribution >= 4 is 17.4 Å². The molecule has 5 rings (SSSR count). The van der Waals surface area contributed by atoms with E-state index in [1.807, 2.05) is 34.8 Å². The highest BCUT2D eigenvalue weighted by Crippen LogP contribution is 2.32. The Kier molecular flexibility index (Phi) is 5.36. The van der Waals surface area contributed by atoms with Gasteiger partial charge in [-0.3, -0.25) is 9.48 Å². The molecule has 0 unspecified atom stereocenters. The van der Waals surface area contributed by atoms with Crippen LogP contribution in [0, 0.1) is 6.92 Å². The fourth-order valence-corrected chi connectivity index (χ4v) is 5.01. The van der Waals surface area contributed by atoms with Crippen LogP contribution in [0.5, 0.6) is 0 Å². The van der Waals surface area contributed by atoms with Crippen LogP contribution >= 0.6 is 0 Å². The molecule has 170 valence electrons. The van der Waals surface area contributed by atoms with Gasteiger partial charge in [-0.1, -0.05) is 6.92 Å². The molecule has 32 heavy (non-hydrogen) atoms. The topological polar surface area (TPSA) is 97.6 Å². The number of aromatic nitrogens is 5. The maximum Gasteiger partial charge on any atom is 0.272 e. The number of piperidine rings is 1. The molecule has 5 heterocycles. The van der Waals surface area contributed by atoms with Crippen LogP contribution in [0.1, 0.15) is 66.1 Å². The summed E-state index contributed by atoms with van der Waals surface area (Å²) in [6.07, 6.45) is 6.83. The number of rotatable bonds is 4. The molecule has 0 spiro atoms. The number of hydrogen-bond acceptors (Lipinski definition) is 6. The number of anilines is 1. The zero-order chi connectivity index (χ0) is 22.4. The minimum Gasteiger partial charge on any atom is -0.355 e. The van der Waals surface area contributed by atoms with Gasteiger partial charge in [0, 0.05) is 50.6 Å². The van der Waals surface area contributed by atoms with Crippen LogP contribution in [0.25, 0.3) is 5.65 Å². The zero-order valence-electron chi connectivity index (χ0n) is 19.2. The van der Waals surface area contributed by atoms with E-state index in [-0.39, 0.29) is 18.0 Å². The lowest BCUT2D eigenvalue weighted by molar-refractivity contribution is 0.0594. The van der Waals surface area contributed by atoms with Gasteiger partial charge in [-0.25, -0.2) is 9.50 Å². The van der Waals surface area contributed by atoms with Gasteiger partial charge >= 0.3 is 0 Å². The Balaban J connectivity index is 1.47. The highest BCUT2D eigenvalue weighted by molar-refractivity contribution is 5.93. The summed E-state index contributed by atoms with van der Waals surface area (Å²) in [7, 11) is 1.84. The number of aryl methyl sites for hydroxylation is 3. The van der Waals surface area contributed by atoms with E-state index in [1.165, 1.54) is 0 Å². The van der Waals surface area contributed by atoms with Crippen LogP contribution in [0.3, 0.4) is 0 Å². The summed E-state index contributed by atoms with van der Waals surface area (Å²) in [5, 5.41) is 9.31. The minimum atomic E-state index is -0.0538. The standard InChI is InChI=1S/C23H32N8O/c1-4-17-11-20(28(3)26-17)23(32)30-9-6-5-7-19(30)18-12-21-25-22(15(2)13-31(21)27-18)29-10-8-16(24)14-29/h11-13,16,19H,4-10,14,24H2,1-3H3/t16-,19-/m0/s1. The van der Waals surface area contributed by atoms with Gasteiger partial charge in [-0.15, -0.1) is 0 Å². The maximum absolute atomic E-state index is 13.5. The molecule has 0 bridgehead atoms. The smallest absolute Gasteiger partial charge is 0.272 e. The monoisotopic (exact) mass is 436 g/mol. The summed E-state index contributed by atoms with van der Waals surface area (Å²) < 4.78 is 3.55. The van der Waals surface area contributed by atoms with Gasteiger partial charge in [0.2, 0.25) is 0 Å². The van der Waals surface area contributed by atoms with Crippen molar-refractivity contribution in [3.05, 3.63) is 41.0 Å². The first kappa shape index (κ1) is 20.9. The van der Waals surface area contributed by atoms with Crippen LogP contribution in [0.15, 0.2) is 18.3 Å². The molecule has 9 nitrogen and oxygen atoms in total. The lowest BCUT2D eigenvalue weighted by Crippen LogP contribution is -2.39. The number of carbonyl (C=O) groups is 1. The number of amides is 1. The van der Waals surface area contributed by atoms with Crippen LogP contribution in [0.2, 0.25) is 0 Å². The molecule has 2 aliphatic heterocycles. The molecule has 2 N–H and O–H groups in total. The third-order valence-corrected chi connectivity index (χ3v) is 6.77. The predicted octanol–water partition coefficient (Wildman–Crippen LogP) is 2.24. The van der Waals surface area contributed by atoms with E-state index in [0.717, 1.165) is 80.2 Å². The average molecular weight is 437 g/mol. The number of likely N-dealkylation sites (tertiary alicyclic amines) is 1. The molecule has 1 amide bonds. The Morgan fingerprint density at radius 3 is 2.75 bits per heavy atom. The van der Waals surface area contributed by atoms with Crippen molar-refractivity contribution in [1.29, 1.82) is 0 Å². The van der Waals surface area contributed by atoms with Gasteiger partial charge in [0.1, 0.15) is 11.5 Å². The molecule has 9 heteroatoms. The van der Waals surface area contributed by atoms with Crippen LogP contribution < -0.4 is 10.6 Å². The van der Waals surface area contributed by atoms with Gasteiger partial charge in [0.15, 0.2) is 5.65 Å². The Morgan fingerprint density at radius 1 is 1.19 bits per heavy atom. The van der Waals surface area contributed by atoms with E-state index >= 15 is 0 Å². The quantitative estimate of drug-likeness (QED) is 0.674. The molecule has 0 aromatic carbocycles. The molecule has 0 radical (unpaired) electrons. The SMILES string of the molecule is CCc1cc(C(=O)N2CCCC[C@H]2c2cc3nc(N4CC[C@H](N)C4)c(C)cn3n2)n(C)n1. The summed E-state index contributed by atoms with van der Waals surface area (Å²) in [5.41, 5.74) is 10.5. The third kappa shape index (κ3) is 3.64. The van der Waals surface area contributed by atoms with Crippen molar-refractivity contribution in [2.45, 2.75) is 58.0 Å². The lowest BCUT2D eigenvalue weighted by Gasteiger charge is -2.34. The van der Waals surface area contributed by atoms with Crippen molar-refractivity contribution < 1.29 is 4.79 Å². The lowest BCUT2D eigenvalue weighted by atomic mass is 9.99. The first-order chi connectivity index (χ1) is 15.4. The molecule has 2 saturated heterocycles. The molecule has 2 aliphatic rings. The van der Waals surface area contributed by atoms with Crippen molar-refractivity contribution in [3.63, 3.8) is 0 Å². The largest absolute Gasteiger partial charge is 0.355 e. The van der Waals surface area contributed by atoms with E-state index in [0.29, 0.717) is 5.69 Å². The summed E-state index contributed by atoms with van der Waals surface area (Å²) in [6.45, 7) is 6.61. The summed E-state index contributed by atoms with van der Waals surface area (Å²) in [6, 6.07) is 4.10. The molecule has 2 fully saturated rings. The maximum atomic E-state index is 13.5. The van der Waals surface area contributed by atoms with Crippen LogP contribution in [0.4, 0.5) is 5.82 Å². The normalized spacial score (nSPS) is 21.6. The van der Waals surface area contributed by atoms with E-state index in [4.69, 9.17) is 15.8 Å². The summed E-state index contributed by atoms with van der Waals surface area (Å²) in [4.78, 5) is 22.6. The van der Waals surface area contributed by atoms with E-state index < -0.39 is 0 Å². The van der Waals surface area contributed by atoms with E-state index in [1.54, 1.807) is 4.68 Å². The fourth-order valence-electron chi connectivity index (χ4n) is 5.01. The van der Waals surface area contributed by atoms with Gasteiger partial charge in [0.05, 0.1) is 17.4 Å². The van der Waals surface area contributed by atoms with Crippen molar-refractivity contribution in [2.24, 2.45) is 12.8 Å². The zero-order valence-corrected chi connectivity index (χ0v) is 19.2. The summed E-state index contributed by atoms with van der Waals surface area (Å²) in [5.74, 6) is 1.01. The highest BCUT2D eigenvalue weighted by Gasteiger charge is 2.32. The molecule has 0 saturated carbocycles. The Bertz CT molecular complexity index is 1150. The molecule has 2 atom stereocenters. The molecule has 3 aromatic heterocycles. The fraction of sp³-hybridized carbons (Fsp3) is 0.565. The second kappa shape index (κ2) is 8.20. The number of carbonyl (C=O) groups excluding carboxylic acids is 1.